The van der Waals surface area contributed by atoms with Gasteiger partial charge >= 0.3 is 7.25 Å². The lowest BCUT2D eigenvalue weighted by molar-refractivity contribution is -0.119. The Morgan fingerprint density at radius 1 is 1.13 bits per heavy atom. The van der Waals surface area contributed by atoms with Gasteiger partial charge in [0, 0.05) is 19.4 Å². The molecule has 0 aromatic rings. The Morgan fingerprint density at radius 2 is 1.53 bits per heavy atom. The van der Waals surface area contributed by atoms with Gasteiger partial charge in [-0.05, 0) is 19.4 Å². The van der Waals surface area contributed by atoms with Crippen molar-refractivity contribution in [3.05, 3.63) is 0 Å². The van der Waals surface area contributed by atoms with E-state index >= 15 is 0 Å². The summed E-state index contributed by atoms with van der Waals surface area (Å²) in [5, 5.41) is 14.0. The lowest BCUT2D eigenvalue weighted by Gasteiger charge is -1.94. The van der Waals surface area contributed by atoms with Gasteiger partial charge in [0.1, 0.15) is 5.71 Å². The molecule has 15 heavy (non-hydrogen) atoms. The van der Waals surface area contributed by atoms with Crippen molar-refractivity contribution in [1.82, 2.24) is 0 Å². The van der Waals surface area contributed by atoms with Crippen molar-refractivity contribution in [2.24, 2.45) is 5.73 Å². The average molecular weight is 232 g/mol. The van der Waals surface area contributed by atoms with Crippen molar-refractivity contribution in [2.75, 3.05) is 13.2 Å². The Hall–Kier alpha value is -0.625. The van der Waals surface area contributed by atoms with Crippen LogP contribution in [0.15, 0.2) is 0 Å². The summed E-state index contributed by atoms with van der Waals surface area (Å²) in [5.74, 6) is 0. The van der Waals surface area contributed by atoms with Gasteiger partial charge in [0.2, 0.25) is 0 Å². The number of aliphatic hydroxyl groups excluding tert-OH is 1. The van der Waals surface area contributed by atoms with Crippen LogP contribution in [0.25, 0.3) is 0 Å². The topological polar surface area (TPSA) is 71.8 Å². The van der Waals surface area contributed by atoms with Gasteiger partial charge in [-0.25, -0.2) is 0 Å². The summed E-state index contributed by atoms with van der Waals surface area (Å²) < 4.78 is 39.0. The molecule has 8 heteroatoms. The fourth-order valence-electron chi connectivity index (χ4n) is 0.760. The third-order valence-electron chi connectivity index (χ3n) is 1.36. The summed E-state index contributed by atoms with van der Waals surface area (Å²) in [6.07, 6.45) is 3.46. The monoisotopic (exact) mass is 232 g/mol. The highest BCUT2D eigenvalue weighted by atomic mass is 19.5. The minimum absolute atomic E-state index is 0.226. The standard InChI is InChI=1S/C7H16N2O.BF4/c8-5-1-3-7(9)4-2-6-10;2-1(3,4)5/h9-10H,1-6,8H2;/q;-1/p+1. The van der Waals surface area contributed by atoms with Gasteiger partial charge < -0.3 is 28.1 Å². The van der Waals surface area contributed by atoms with E-state index < -0.39 is 7.25 Å². The summed E-state index contributed by atoms with van der Waals surface area (Å²) in [6, 6.07) is 0. The molecule has 0 heterocycles. The molecule has 0 rings (SSSR count). The Bertz CT molecular complexity index is 150. The quantitative estimate of drug-likeness (QED) is 0.342. The zero-order valence-electron chi connectivity index (χ0n) is 8.43. The van der Waals surface area contributed by atoms with Gasteiger partial charge in [-0.1, -0.05) is 0 Å². The molecule has 5 N–H and O–H groups in total. The van der Waals surface area contributed by atoms with Crippen molar-refractivity contribution in [2.45, 2.75) is 25.7 Å². The summed E-state index contributed by atoms with van der Waals surface area (Å²) in [6.45, 7) is 0.920. The summed E-state index contributed by atoms with van der Waals surface area (Å²) >= 11 is 0. The molecule has 0 aliphatic rings. The van der Waals surface area contributed by atoms with Gasteiger partial charge in [0.05, 0.1) is 0 Å². The first-order valence-electron chi connectivity index (χ1n) is 4.59. The molecule has 0 amide bonds. The van der Waals surface area contributed by atoms with E-state index in [1.54, 1.807) is 0 Å². The zero-order chi connectivity index (χ0) is 12.3. The minimum Gasteiger partial charge on any atom is -0.418 e. The van der Waals surface area contributed by atoms with Crippen molar-refractivity contribution in [3.63, 3.8) is 0 Å². The molecule has 0 spiro atoms. The second-order valence-corrected chi connectivity index (χ2v) is 2.87. The fourth-order valence-corrected chi connectivity index (χ4v) is 0.760. The van der Waals surface area contributed by atoms with Crippen LogP contribution in [0.4, 0.5) is 17.3 Å². The highest BCUT2D eigenvalue weighted by Crippen LogP contribution is 2.06. The van der Waals surface area contributed by atoms with E-state index in [2.05, 4.69) is 0 Å². The van der Waals surface area contributed by atoms with Gasteiger partial charge in [0.15, 0.2) is 0 Å². The average Bonchev–Trinajstić information content (AvgIpc) is 2.08. The Labute approximate surface area is 86.3 Å². The Balaban J connectivity index is 0. The number of hydrogen-bond acceptors (Lipinski definition) is 2. The lowest BCUT2D eigenvalue weighted by atomic mass is 10.1. The maximum atomic E-state index is 9.75. The van der Waals surface area contributed by atoms with Crippen LogP contribution in [0.2, 0.25) is 0 Å². The molecule has 3 nitrogen and oxygen atoms in total. The largest absolute Gasteiger partial charge is 0.673 e. The molecular weight excluding hydrogens is 215 g/mol. The molecule has 0 radical (unpaired) electrons. The fraction of sp³-hybridized carbons (Fsp3) is 0.857. The molecule has 0 aliphatic carbocycles. The first kappa shape index (κ1) is 16.8. The first-order chi connectivity index (χ1) is 6.81. The van der Waals surface area contributed by atoms with Crippen LogP contribution in [0, 0.1) is 0 Å². The molecule has 92 valence electrons. The van der Waals surface area contributed by atoms with Gasteiger partial charge in [-0.3, -0.25) is 5.41 Å². The van der Waals surface area contributed by atoms with Crippen LogP contribution in [-0.4, -0.2) is 31.2 Å². The molecule has 0 saturated carbocycles. The van der Waals surface area contributed by atoms with E-state index in [0.29, 0.717) is 6.54 Å². The molecule has 0 atom stereocenters. The predicted molar refractivity (Wildman–Crippen MR) is 51.7 cm³/mol. The minimum atomic E-state index is -6.00. The Kier molecular flexibility index (Phi) is 11.1. The zero-order valence-corrected chi connectivity index (χ0v) is 8.43. The van der Waals surface area contributed by atoms with E-state index in [-0.39, 0.29) is 6.61 Å². The molecule has 0 unspecified atom stereocenters. The van der Waals surface area contributed by atoms with E-state index in [1.807, 2.05) is 0 Å². The number of halogens is 4. The van der Waals surface area contributed by atoms with Crippen molar-refractivity contribution in [1.29, 1.82) is 0 Å². The molecule has 0 bridgehead atoms. The first-order valence-corrected chi connectivity index (χ1v) is 4.59. The van der Waals surface area contributed by atoms with Crippen molar-refractivity contribution in [3.8, 4) is 0 Å². The highest BCUT2D eigenvalue weighted by molar-refractivity contribution is 6.50. The maximum Gasteiger partial charge on any atom is 0.673 e. The summed E-state index contributed by atoms with van der Waals surface area (Å²) in [5.41, 5.74) is 6.25. The van der Waals surface area contributed by atoms with Crippen LogP contribution < -0.4 is 11.1 Å². The summed E-state index contributed by atoms with van der Waals surface area (Å²) in [7, 11) is -6.00. The molecule has 0 fully saturated rings. The normalized spacial score (nSPS) is 10.5. The predicted octanol–water partition coefficient (Wildman–Crippen LogP) is -0.00210. The third kappa shape index (κ3) is 31.8. The molecule has 0 aromatic heterocycles. The van der Waals surface area contributed by atoms with E-state index in [0.717, 1.165) is 31.4 Å². The van der Waals surface area contributed by atoms with E-state index in [1.165, 1.54) is 0 Å². The van der Waals surface area contributed by atoms with Crippen molar-refractivity contribution < 1.29 is 27.8 Å². The van der Waals surface area contributed by atoms with Crippen LogP contribution in [0.1, 0.15) is 25.7 Å². The molecule has 0 aromatic carbocycles. The second-order valence-electron chi connectivity index (χ2n) is 2.87. The summed E-state index contributed by atoms with van der Waals surface area (Å²) in [4.78, 5) is 0. The third-order valence-corrected chi connectivity index (χ3v) is 1.36. The van der Waals surface area contributed by atoms with E-state index in [9.17, 15) is 17.3 Å². The lowest BCUT2D eigenvalue weighted by Crippen LogP contribution is -2.39. The van der Waals surface area contributed by atoms with Crippen molar-refractivity contribution >= 4 is 13.0 Å². The molecule has 0 aliphatic heterocycles. The smallest absolute Gasteiger partial charge is 0.418 e. The molecule has 0 saturated heterocycles. The van der Waals surface area contributed by atoms with Crippen LogP contribution >= 0.6 is 0 Å². The van der Waals surface area contributed by atoms with Gasteiger partial charge in [0.25, 0.3) is 0 Å². The SMILES string of the molecule is F[B-](F)(F)F.NCCCC(=[NH2+])CCCO. The molecular formula is C7H17BF4N2O. The number of hydrogen-bond donors (Lipinski definition) is 3. The number of nitrogens with two attached hydrogens (primary N) is 2. The van der Waals surface area contributed by atoms with E-state index in [4.69, 9.17) is 16.2 Å². The number of rotatable bonds is 6. The van der Waals surface area contributed by atoms with Crippen LogP contribution in [0.5, 0.6) is 0 Å². The second kappa shape index (κ2) is 9.91. The van der Waals surface area contributed by atoms with Gasteiger partial charge in [-0.15, -0.1) is 0 Å². The van der Waals surface area contributed by atoms with Gasteiger partial charge in [-0.2, -0.15) is 0 Å². The van der Waals surface area contributed by atoms with Crippen LogP contribution in [-0.2, 0) is 0 Å². The Morgan fingerprint density at radius 3 is 1.87 bits per heavy atom. The maximum absolute atomic E-state index is 9.75. The highest BCUT2D eigenvalue weighted by Gasteiger charge is 2.20. The van der Waals surface area contributed by atoms with Crippen LogP contribution in [0.3, 0.4) is 0 Å². The number of aliphatic hydroxyl groups is 1.